The second-order valence-corrected chi connectivity index (χ2v) is 6.43. The van der Waals surface area contributed by atoms with Gasteiger partial charge in [0.1, 0.15) is 11.6 Å². The molecule has 1 aliphatic rings. The summed E-state index contributed by atoms with van der Waals surface area (Å²) in [7, 11) is 0. The lowest BCUT2D eigenvalue weighted by molar-refractivity contribution is 0.0748. The summed E-state index contributed by atoms with van der Waals surface area (Å²) < 4.78 is 7.35. The molecule has 0 aliphatic carbocycles. The van der Waals surface area contributed by atoms with Crippen molar-refractivity contribution in [1.82, 2.24) is 24.8 Å². The van der Waals surface area contributed by atoms with E-state index in [1.807, 2.05) is 35.2 Å². The summed E-state index contributed by atoms with van der Waals surface area (Å²) in [5, 5.41) is 12.6. The van der Waals surface area contributed by atoms with E-state index in [1.54, 1.807) is 6.07 Å². The Labute approximate surface area is 151 Å². The Hall–Kier alpha value is -2.96. The fourth-order valence-corrected chi connectivity index (χ4v) is 3.27. The van der Waals surface area contributed by atoms with Gasteiger partial charge in [0.2, 0.25) is 0 Å². The standard InChI is InChI=1S/C19H21N5O2/c1-2-6-15-13-16(22-26-15)19(25)23-10-9-17-20-21-18(24(17)12-11-23)14-7-4-3-5-8-14/h3-5,7-8,13H,2,6,9-12H2,1H3. The van der Waals surface area contributed by atoms with Crippen molar-refractivity contribution in [2.45, 2.75) is 32.7 Å². The van der Waals surface area contributed by atoms with E-state index in [0.29, 0.717) is 31.7 Å². The molecule has 0 radical (unpaired) electrons. The average molecular weight is 351 g/mol. The molecular weight excluding hydrogens is 330 g/mol. The van der Waals surface area contributed by atoms with Crippen LogP contribution in [0.15, 0.2) is 40.9 Å². The Kier molecular flexibility index (Phi) is 4.51. The lowest BCUT2D eigenvalue weighted by atomic mass is 10.2. The van der Waals surface area contributed by atoms with E-state index in [2.05, 4.69) is 26.8 Å². The van der Waals surface area contributed by atoms with Crippen LogP contribution in [0.1, 0.15) is 35.4 Å². The molecule has 0 bridgehead atoms. The van der Waals surface area contributed by atoms with Gasteiger partial charge in [-0.25, -0.2) is 0 Å². The predicted molar refractivity (Wildman–Crippen MR) is 95.6 cm³/mol. The molecule has 3 aromatic rings. The zero-order chi connectivity index (χ0) is 17.9. The average Bonchev–Trinajstić information content (AvgIpc) is 3.25. The predicted octanol–water partition coefficient (Wildman–Crippen LogP) is 2.58. The summed E-state index contributed by atoms with van der Waals surface area (Å²) in [5.41, 5.74) is 1.42. The first-order valence-corrected chi connectivity index (χ1v) is 8.98. The number of benzene rings is 1. The van der Waals surface area contributed by atoms with E-state index >= 15 is 0 Å². The second kappa shape index (κ2) is 7.11. The van der Waals surface area contributed by atoms with E-state index in [1.165, 1.54) is 0 Å². The lowest BCUT2D eigenvalue weighted by Gasteiger charge is -2.18. The van der Waals surface area contributed by atoms with Crippen LogP contribution in [0, 0.1) is 0 Å². The quantitative estimate of drug-likeness (QED) is 0.722. The minimum absolute atomic E-state index is 0.0870. The van der Waals surface area contributed by atoms with Crippen molar-refractivity contribution in [3.8, 4) is 11.4 Å². The van der Waals surface area contributed by atoms with Crippen molar-refractivity contribution in [3.63, 3.8) is 0 Å². The van der Waals surface area contributed by atoms with Crippen molar-refractivity contribution >= 4 is 5.91 Å². The number of aryl methyl sites for hydroxylation is 1. The largest absolute Gasteiger partial charge is 0.361 e. The number of carbonyl (C=O) groups excluding carboxylic acids is 1. The van der Waals surface area contributed by atoms with Crippen molar-refractivity contribution < 1.29 is 9.32 Å². The topological polar surface area (TPSA) is 77.1 Å². The molecule has 134 valence electrons. The molecule has 0 fully saturated rings. The van der Waals surface area contributed by atoms with Gasteiger partial charge < -0.3 is 14.0 Å². The second-order valence-electron chi connectivity index (χ2n) is 6.43. The minimum Gasteiger partial charge on any atom is -0.361 e. The Morgan fingerprint density at radius 2 is 2.00 bits per heavy atom. The maximum absolute atomic E-state index is 12.8. The molecule has 3 heterocycles. The third-order valence-electron chi connectivity index (χ3n) is 4.62. The van der Waals surface area contributed by atoms with Crippen LogP contribution in [-0.4, -0.2) is 43.8 Å². The van der Waals surface area contributed by atoms with Crippen LogP contribution in [-0.2, 0) is 19.4 Å². The molecule has 7 heteroatoms. The Morgan fingerprint density at radius 1 is 1.15 bits per heavy atom. The first-order valence-electron chi connectivity index (χ1n) is 8.98. The van der Waals surface area contributed by atoms with E-state index in [9.17, 15) is 4.79 Å². The Bertz CT molecular complexity index is 900. The van der Waals surface area contributed by atoms with Gasteiger partial charge in [-0.15, -0.1) is 10.2 Å². The molecule has 0 saturated carbocycles. The van der Waals surface area contributed by atoms with E-state index < -0.39 is 0 Å². The van der Waals surface area contributed by atoms with Gasteiger partial charge in [0.25, 0.3) is 5.91 Å². The highest BCUT2D eigenvalue weighted by Crippen LogP contribution is 2.20. The third-order valence-corrected chi connectivity index (χ3v) is 4.62. The number of rotatable bonds is 4. The summed E-state index contributed by atoms with van der Waals surface area (Å²) in [4.78, 5) is 14.6. The number of nitrogens with zero attached hydrogens (tertiary/aromatic N) is 5. The third kappa shape index (κ3) is 3.12. The molecule has 1 aliphatic heterocycles. The van der Waals surface area contributed by atoms with E-state index in [0.717, 1.165) is 35.8 Å². The first-order chi connectivity index (χ1) is 12.8. The van der Waals surface area contributed by atoms with Crippen molar-refractivity contribution in [2.24, 2.45) is 0 Å². The summed E-state index contributed by atoms with van der Waals surface area (Å²) in [5.74, 6) is 2.43. The molecule has 2 aromatic heterocycles. The first kappa shape index (κ1) is 16.5. The van der Waals surface area contributed by atoms with Gasteiger partial charge in [0.05, 0.1) is 0 Å². The van der Waals surface area contributed by atoms with Crippen LogP contribution in [0.5, 0.6) is 0 Å². The van der Waals surface area contributed by atoms with Crippen molar-refractivity contribution in [3.05, 3.63) is 53.7 Å². The molecule has 0 N–H and O–H groups in total. The van der Waals surface area contributed by atoms with Crippen LogP contribution >= 0.6 is 0 Å². The highest BCUT2D eigenvalue weighted by Gasteiger charge is 2.25. The smallest absolute Gasteiger partial charge is 0.276 e. The fourth-order valence-electron chi connectivity index (χ4n) is 3.27. The molecule has 7 nitrogen and oxygen atoms in total. The summed E-state index contributed by atoms with van der Waals surface area (Å²) in [6.45, 7) is 3.93. The number of hydrogen-bond donors (Lipinski definition) is 0. The monoisotopic (exact) mass is 351 g/mol. The molecule has 0 saturated heterocycles. The molecule has 26 heavy (non-hydrogen) atoms. The van der Waals surface area contributed by atoms with E-state index in [-0.39, 0.29) is 5.91 Å². The van der Waals surface area contributed by atoms with Crippen LogP contribution in [0.4, 0.5) is 0 Å². The molecule has 1 aromatic carbocycles. The van der Waals surface area contributed by atoms with Gasteiger partial charge in [0.15, 0.2) is 11.5 Å². The Balaban J connectivity index is 1.51. The van der Waals surface area contributed by atoms with Crippen LogP contribution in [0.3, 0.4) is 0 Å². The molecule has 0 unspecified atom stereocenters. The van der Waals surface area contributed by atoms with E-state index in [4.69, 9.17) is 4.52 Å². The zero-order valence-corrected chi connectivity index (χ0v) is 14.8. The molecular formula is C19H21N5O2. The van der Waals surface area contributed by atoms with Gasteiger partial charge >= 0.3 is 0 Å². The van der Waals surface area contributed by atoms with Gasteiger partial charge in [-0.3, -0.25) is 4.79 Å². The van der Waals surface area contributed by atoms with Crippen LogP contribution < -0.4 is 0 Å². The van der Waals surface area contributed by atoms with Crippen molar-refractivity contribution in [2.75, 3.05) is 13.1 Å². The number of amides is 1. The maximum atomic E-state index is 12.8. The molecule has 0 atom stereocenters. The SMILES string of the molecule is CCCc1cc(C(=O)N2CCc3nnc(-c4ccccc4)n3CC2)no1. The van der Waals surface area contributed by atoms with Gasteiger partial charge in [-0.05, 0) is 6.42 Å². The number of carbonyl (C=O) groups is 1. The summed E-state index contributed by atoms with van der Waals surface area (Å²) in [6, 6.07) is 11.8. The minimum atomic E-state index is -0.0870. The molecule has 0 spiro atoms. The fraction of sp³-hybridized carbons (Fsp3) is 0.368. The highest BCUT2D eigenvalue weighted by molar-refractivity contribution is 5.92. The molecule has 1 amide bonds. The number of aromatic nitrogens is 4. The number of fused-ring (bicyclic) bond motifs is 1. The van der Waals surface area contributed by atoms with Crippen LogP contribution in [0.2, 0.25) is 0 Å². The summed E-state index contributed by atoms with van der Waals surface area (Å²) in [6.07, 6.45) is 2.43. The number of hydrogen-bond acceptors (Lipinski definition) is 5. The van der Waals surface area contributed by atoms with Crippen LogP contribution in [0.25, 0.3) is 11.4 Å². The normalized spacial score (nSPS) is 14.1. The molecule has 4 rings (SSSR count). The van der Waals surface area contributed by atoms with Crippen molar-refractivity contribution in [1.29, 1.82) is 0 Å². The zero-order valence-electron chi connectivity index (χ0n) is 14.8. The Morgan fingerprint density at radius 3 is 2.81 bits per heavy atom. The van der Waals surface area contributed by atoms with Gasteiger partial charge in [-0.2, -0.15) is 0 Å². The van der Waals surface area contributed by atoms with Gasteiger partial charge in [-0.1, -0.05) is 42.4 Å². The lowest BCUT2D eigenvalue weighted by Crippen LogP contribution is -2.34. The highest BCUT2D eigenvalue weighted by atomic mass is 16.5. The van der Waals surface area contributed by atoms with Gasteiger partial charge in [0, 0.05) is 44.1 Å². The maximum Gasteiger partial charge on any atom is 0.276 e. The summed E-state index contributed by atoms with van der Waals surface area (Å²) >= 11 is 0.